The Bertz CT molecular complexity index is 1140. The summed E-state index contributed by atoms with van der Waals surface area (Å²) in [5, 5.41) is 3.15. The molecule has 1 atom stereocenters. The van der Waals surface area contributed by atoms with Gasteiger partial charge in [0, 0.05) is 51.4 Å². The van der Waals surface area contributed by atoms with Crippen LogP contribution in [-0.2, 0) is 9.53 Å². The molecule has 0 spiro atoms. The predicted molar refractivity (Wildman–Crippen MR) is 163 cm³/mol. The summed E-state index contributed by atoms with van der Waals surface area (Å²) in [6.07, 6.45) is 11.6. The first kappa shape index (κ1) is 33.2. The zero-order valence-electron chi connectivity index (χ0n) is 24.5. The van der Waals surface area contributed by atoms with Crippen molar-refractivity contribution in [2.75, 3.05) is 53.0 Å². The summed E-state index contributed by atoms with van der Waals surface area (Å²) in [5.41, 5.74) is 1.47. The number of amidine groups is 1. The Morgan fingerprint density at radius 1 is 1.20 bits per heavy atom. The van der Waals surface area contributed by atoms with Crippen LogP contribution in [0.1, 0.15) is 38.3 Å². The molecule has 0 bridgehead atoms. The molecule has 0 aromatic heterocycles. The van der Waals surface area contributed by atoms with Gasteiger partial charge in [-0.25, -0.2) is 9.18 Å². The van der Waals surface area contributed by atoms with E-state index >= 15 is 0 Å². The number of benzene rings is 1. The highest BCUT2D eigenvalue weighted by Gasteiger charge is 2.25. The average Bonchev–Trinajstić information content (AvgIpc) is 2.97. The van der Waals surface area contributed by atoms with Crippen LogP contribution in [0.4, 0.5) is 9.18 Å². The predicted octanol–water partition coefficient (Wildman–Crippen LogP) is 4.73. The molecule has 1 heterocycles. The molecule has 222 valence electrons. The van der Waals surface area contributed by atoms with E-state index in [1.54, 1.807) is 52.4 Å². The first-order valence-electron chi connectivity index (χ1n) is 13.8. The number of nitrogens with one attached hydrogen (secondary N) is 1. The van der Waals surface area contributed by atoms with Gasteiger partial charge < -0.3 is 24.4 Å². The summed E-state index contributed by atoms with van der Waals surface area (Å²) in [5.74, 6) is 0.268. The van der Waals surface area contributed by atoms with Crippen molar-refractivity contribution in [3.8, 4) is 0 Å². The number of piperazine rings is 1. The summed E-state index contributed by atoms with van der Waals surface area (Å²) in [6, 6.07) is 6.15. The Kier molecular flexibility index (Phi) is 14.8. The maximum Gasteiger partial charge on any atom is 0.409 e. The second-order valence-electron chi connectivity index (χ2n) is 9.53. The van der Waals surface area contributed by atoms with Gasteiger partial charge in [-0.1, -0.05) is 61.2 Å². The highest BCUT2D eigenvalue weighted by atomic mass is 19.1. The summed E-state index contributed by atoms with van der Waals surface area (Å²) in [7, 11) is 1.68. The number of carbonyl (C=O) groups excluding carboxylic acids is 2. The molecule has 41 heavy (non-hydrogen) atoms. The van der Waals surface area contributed by atoms with Crippen LogP contribution in [-0.4, -0.2) is 91.8 Å². The lowest BCUT2D eigenvalue weighted by Crippen LogP contribution is -2.52. The maximum atomic E-state index is 14.3. The van der Waals surface area contributed by atoms with Gasteiger partial charge in [-0.2, -0.15) is 0 Å². The van der Waals surface area contributed by atoms with Crippen molar-refractivity contribution in [1.82, 2.24) is 20.0 Å². The van der Waals surface area contributed by atoms with Crippen molar-refractivity contribution in [2.45, 2.75) is 32.7 Å². The molecule has 1 N–H and O–H groups in total. The van der Waals surface area contributed by atoms with Crippen LogP contribution in [0, 0.1) is 5.82 Å². The lowest BCUT2D eigenvalue weighted by atomic mass is 10.1. The van der Waals surface area contributed by atoms with Gasteiger partial charge in [-0.3, -0.25) is 15.1 Å². The Balaban J connectivity index is 1.80. The molecular weight excluding hydrogens is 523 g/mol. The van der Waals surface area contributed by atoms with Crippen LogP contribution >= 0.6 is 0 Å². The molecule has 1 unspecified atom stereocenters. The number of hydrogen-bond donors (Lipinski definition) is 1. The van der Waals surface area contributed by atoms with Gasteiger partial charge in [-0.05, 0) is 32.5 Å². The Labute approximate surface area is 243 Å². The maximum absolute atomic E-state index is 14.3. The van der Waals surface area contributed by atoms with Crippen molar-refractivity contribution in [3.63, 3.8) is 0 Å². The molecule has 2 rings (SSSR count). The SMILES string of the molecule is C=CN(CNCC(=O)N1CCN(C(=O)OCC/C=C\C=C/C(=C)C)CC1)C(CC=NC)=NC(C)c1ccccc1F. The summed E-state index contributed by atoms with van der Waals surface area (Å²) >= 11 is 0. The van der Waals surface area contributed by atoms with Gasteiger partial charge in [0.25, 0.3) is 0 Å². The van der Waals surface area contributed by atoms with E-state index in [0.717, 1.165) is 5.57 Å². The summed E-state index contributed by atoms with van der Waals surface area (Å²) in [6.45, 7) is 13.8. The van der Waals surface area contributed by atoms with Gasteiger partial charge in [0.1, 0.15) is 11.7 Å². The molecule has 1 aromatic rings. The normalized spacial score (nSPS) is 15.1. The zero-order valence-corrected chi connectivity index (χ0v) is 24.5. The largest absolute Gasteiger partial charge is 0.449 e. The van der Waals surface area contributed by atoms with E-state index in [-0.39, 0.29) is 24.4 Å². The number of allylic oxidation sites excluding steroid dienone is 4. The Morgan fingerprint density at radius 2 is 1.90 bits per heavy atom. The van der Waals surface area contributed by atoms with Crippen molar-refractivity contribution in [3.05, 3.63) is 84.9 Å². The number of nitrogens with zero attached hydrogens (tertiary/aromatic N) is 5. The zero-order chi connectivity index (χ0) is 30.0. The highest BCUT2D eigenvalue weighted by molar-refractivity contribution is 5.94. The van der Waals surface area contributed by atoms with Gasteiger partial charge in [0.2, 0.25) is 5.91 Å². The number of rotatable bonds is 14. The van der Waals surface area contributed by atoms with E-state index < -0.39 is 6.04 Å². The minimum absolute atomic E-state index is 0.0664. The number of hydrogen-bond acceptors (Lipinski definition) is 6. The van der Waals surface area contributed by atoms with E-state index in [9.17, 15) is 14.0 Å². The van der Waals surface area contributed by atoms with E-state index in [1.165, 1.54) is 6.07 Å². The smallest absolute Gasteiger partial charge is 0.409 e. The van der Waals surface area contributed by atoms with Crippen LogP contribution in [0.5, 0.6) is 0 Å². The van der Waals surface area contributed by atoms with Crippen LogP contribution in [0.15, 0.2) is 83.5 Å². The molecular formula is C31H43FN6O3. The molecule has 9 nitrogen and oxygen atoms in total. The Morgan fingerprint density at radius 3 is 2.56 bits per heavy atom. The highest BCUT2D eigenvalue weighted by Crippen LogP contribution is 2.21. The third kappa shape index (κ3) is 11.9. The molecule has 0 saturated carbocycles. The quantitative estimate of drug-likeness (QED) is 0.116. The molecule has 10 heteroatoms. The van der Waals surface area contributed by atoms with Crippen LogP contribution in [0.25, 0.3) is 0 Å². The molecule has 1 aliphatic rings. The number of aliphatic imine (C=N–C) groups is 2. The average molecular weight is 567 g/mol. The first-order valence-corrected chi connectivity index (χ1v) is 13.8. The fraction of sp³-hybridized carbons (Fsp3) is 0.419. The van der Waals surface area contributed by atoms with E-state index in [2.05, 4.69) is 23.5 Å². The number of halogens is 1. The lowest BCUT2D eigenvalue weighted by Gasteiger charge is -2.34. The standard InChI is InChI=1S/C31H43FN6O3/c1-6-36(29(16-17-33-5)35-26(4)27-14-10-11-15-28(27)32)24-34-23-30(39)37-18-20-38(21-19-37)31(40)41-22-12-8-7-9-13-25(2)3/h6-11,13-15,17,26,34H,1-2,12,16,18-24H2,3-5H3/b8-7-,13-9-,33-17?,35-29?. The van der Waals surface area contributed by atoms with Crippen molar-refractivity contribution >= 4 is 24.1 Å². The fourth-order valence-electron chi connectivity index (χ4n) is 4.02. The number of ether oxygens (including phenoxy) is 1. The van der Waals surface area contributed by atoms with E-state index in [0.29, 0.717) is 63.7 Å². The molecule has 1 aromatic carbocycles. The first-order chi connectivity index (χ1) is 19.8. The van der Waals surface area contributed by atoms with Crippen molar-refractivity contribution in [1.29, 1.82) is 0 Å². The van der Waals surface area contributed by atoms with E-state index in [1.807, 2.05) is 38.2 Å². The van der Waals surface area contributed by atoms with Gasteiger partial charge >= 0.3 is 6.09 Å². The third-order valence-corrected chi connectivity index (χ3v) is 6.29. The molecule has 0 aliphatic carbocycles. The van der Waals surface area contributed by atoms with Crippen molar-refractivity contribution < 1.29 is 18.7 Å². The third-order valence-electron chi connectivity index (χ3n) is 6.29. The van der Waals surface area contributed by atoms with Gasteiger partial charge in [-0.15, -0.1) is 0 Å². The topological polar surface area (TPSA) is 89.8 Å². The van der Waals surface area contributed by atoms with Crippen LogP contribution in [0.3, 0.4) is 0 Å². The van der Waals surface area contributed by atoms with Gasteiger partial charge in [0.05, 0.1) is 25.9 Å². The lowest BCUT2D eigenvalue weighted by molar-refractivity contribution is -0.131. The second-order valence-corrected chi connectivity index (χ2v) is 9.53. The number of amides is 2. The van der Waals surface area contributed by atoms with Crippen LogP contribution < -0.4 is 5.32 Å². The summed E-state index contributed by atoms with van der Waals surface area (Å²) in [4.78, 5) is 39.0. The molecule has 2 amide bonds. The number of carbonyl (C=O) groups is 2. The molecule has 1 aliphatic heterocycles. The van der Waals surface area contributed by atoms with Crippen LogP contribution in [0.2, 0.25) is 0 Å². The molecule has 1 saturated heterocycles. The molecule has 1 fully saturated rings. The van der Waals surface area contributed by atoms with Gasteiger partial charge in [0.15, 0.2) is 0 Å². The molecule has 0 radical (unpaired) electrons. The van der Waals surface area contributed by atoms with Crippen molar-refractivity contribution in [2.24, 2.45) is 9.98 Å². The monoisotopic (exact) mass is 566 g/mol. The Hall–Kier alpha value is -4.05. The minimum Gasteiger partial charge on any atom is -0.449 e. The summed E-state index contributed by atoms with van der Waals surface area (Å²) < 4.78 is 19.6. The minimum atomic E-state index is -0.413. The van der Waals surface area contributed by atoms with E-state index in [4.69, 9.17) is 9.73 Å². The second kappa shape index (κ2) is 18.3. The fourth-order valence-corrected chi connectivity index (χ4v) is 4.02.